The van der Waals surface area contributed by atoms with Crippen LogP contribution in [-0.4, -0.2) is 30.3 Å². The predicted octanol–water partition coefficient (Wildman–Crippen LogP) is 3.33. The van der Waals surface area contributed by atoms with Gasteiger partial charge in [0.1, 0.15) is 11.3 Å². The number of aromatic carboxylic acids is 1. The molecule has 0 radical (unpaired) electrons. The van der Waals surface area contributed by atoms with Crippen molar-refractivity contribution in [2.45, 2.75) is 0 Å². The van der Waals surface area contributed by atoms with E-state index in [1.807, 2.05) is 55.4 Å². The summed E-state index contributed by atoms with van der Waals surface area (Å²) in [5.74, 6) is -1.37. The molecule has 0 saturated carbocycles. The summed E-state index contributed by atoms with van der Waals surface area (Å²) in [6, 6.07) is 12.5. The van der Waals surface area contributed by atoms with Crippen molar-refractivity contribution in [3.63, 3.8) is 0 Å². The maximum Gasteiger partial charge on any atom is 0.339 e. The number of carbonyl (C=O) groups is 1. The van der Waals surface area contributed by atoms with Gasteiger partial charge in [0.2, 0.25) is 0 Å². The van der Waals surface area contributed by atoms with Crippen molar-refractivity contribution < 1.29 is 15.0 Å². The fourth-order valence-electron chi connectivity index (χ4n) is 1.90. The molecule has 0 heterocycles. The number of benzene rings is 2. The van der Waals surface area contributed by atoms with E-state index in [0.717, 1.165) is 16.8 Å². The number of carboxylic acid groups (broad SMARTS) is 1. The lowest BCUT2D eigenvalue weighted by Gasteiger charge is -2.11. The van der Waals surface area contributed by atoms with Crippen LogP contribution in [0.25, 0.3) is 12.2 Å². The highest BCUT2D eigenvalue weighted by atomic mass is 16.4. The van der Waals surface area contributed by atoms with Gasteiger partial charge in [-0.15, -0.1) is 0 Å². The minimum Gasteiger partial charge on any atom is -0.507 e. The summed E-state index contributed by atoms with van der Waals surface area (Å²) in [7, 11) is 3.96. The molecular weight excluding hydrogens is 266 g/mol. The summed E-state index contributed by atoms with van der Waals surface area (Å²) in [5, 5.41) is 18.4. The van der Waals surface area contributed by atoms with Gasteiger partial charge in [0, 0.05) is 19.8 Å². The van der Waals surface area contributed by atoms with E-state index in [1.165, 1.54) is 12.1 Å². The standard InChI is InChI=1S/C17H17NO3/c1-18(2)14-8-5-12(6-9-14)3-4-13-7-10-16(19)15(11-13)17(20)21/h3-11,19H,1-2H3,(H,20,21). The number of anilines is 1. The normalized spacial score (nSPS) is 10.8. The van der Waals surface area contributed by atoms with Gasteiger partial charge in [-0.25, -0.2) is 4.79 Å². The lowest BCUT2D eigenvalue weighted by atomic mass is 10.1. The molecule has 0 aliphatic heterocycles. The van der Waals surface area contributed by atoms with Crippen LogP contribution >= 0.6 is 0 Å². The number of rotatable bonds is 4. The van der Waals surface area contributed by atoms with E-state index in [1.54, 1.807) is 6.07 Å². The summed E-state index contributed by atoms with van der Waals surface area (Å²) < 4.78 is 0. The maximum atomic E-state index is 11.0. The molecule has 2 N–H and O–H groups in total. The van der Waals surface area contributed by atoms with Crippen LogP contribution in [0.15, 0.2) is 42.5 Å². The zero-order valence-electron chi connectivity index (χ0n) is 11.9. The first kappa shape index (κ1) is 14.7. The third-order valence-corrected chi connectivity index (χ3v) is 3.13. The Morgan fingerprint density at radius 1 is 1.00 bits per heavy atom. The Hall–Kier alpha value is -2.75. The second kappa shape index (κ2) is 6.13. The Morgan fingerprint density at radius 3 is 2.14 bits per heavy atom. The van der Waals surface area contributed by atoms with Crippen LogP contribution in [0.1, 0.15) is 21.5 Å². The largest absolute Gasteiger partial charge is 0.507 e. The minimum atomic E-state index is -1.14. The number of hydrogen-bond donors (Lipinski definition) is 2. The van der Waals surface area contributed by atoms with Gasteiger partial charge in [-0.1, -0.05) is 30.4 Å². The number of aromatic hydroxyl groups is 1. The van der Waals surface area contributed by atoms with E-state index in [2.05, 4.69) is 0 Å². The molecule has 108 valence electrons. The fourth-order valence-corrected chi connectivity index (χ4v) is 1.90. The van der Waals surface area contributed by atoms with Crippen molar-refractivity contribution in [2.75, 3.05) is 19.0 Å². The van der Waals surface area contributed by atoms with Gasteiger partial charge in [-0.3, -0.25) is 0 Å². The van der Waals surface area contributed by atoms with Gasteiger partial charge in [-0.05, 0) is 35.4 Å². The molecule has 0 spiro atoms. The third kappa shape index (κ3) is 3.63. The Labute approximate surface area is 123 Å². The number of carboxylic acids is 1. The molecule has 0 fully saturated rings. The van der Waals surface area contributed by atoms with Gasteiger partial charge < -0.3 is 15.1 Å². The van der Waals surface area contributed by atoms with Crippen molar-refractivity contribution in [1.29, 1.82) is 0 Å². The zero-order chi connectivity index (χ0) is 15.4. The maximum absolute atomic E-state index is 11.0. The van der Waals surface area contributed by atoms with E-state index < -0.39 is 5.97 Å². The molecule has 0 atom stereocenters. The summed E-state index contributed by atoms with van der Waals surface area (Å²) in [6.45, 7) is 0. The number of phenols is 1. The van der Waals surface area contributed by atoms with Crippen LogP contribution in [0.5, 0.6) is 5.75 Å². The lowest BCUT2D eigenvalue weighted by Crippen LogP contribution is -2.07. The second-order valence-corrected chi connectivity index (χ2v) is 4.90. The first-order chi connectivity index (χ1) is 9.97. The van der Waals surface area contributed by atoms with Crippen molar-refractivity contribution in [2.24, 2.45) is 0 Å². The molecule has 4 nitrogen and oxygen atoms in total. The molecule has 0 saturated heterocycles. The highest BCUT2D eigenvalue weighted by molar-refractivity contribution is 5.91. The molecule has 0 aliphatic rings. The average molecular weight is 283 g/mol. The Bertz CT molecular complexity index is 673. The molecule has 4 heteroatoms. The average Bonchev–Trinajstić information content (AvgIpc) is 2.46. The van der Waals surface area contributed by atoms with Crippen LogP contribution in [0.2, 0.25) is 0 Å². The summed E-state index contributed by atoms with van der Waals surface area (Å²) in [6.07, 6.45) is 3.72. The third-order valence-electron chi connectivity index (χ3n) is 3.13. The van der Waals surface area contributed by atoms with Crippen LogP contribution in [0.3, 0.4) is 0 Å². The van der Waals surface area contributed by atoms with Crippen molar-refractivity contribution in [1.82, 2.24) is 0 Å². The van der Waals surface area contributed by atoms with Crippen molar-refractivity contribution in [3.05, 3.63) is 59.2 Å². The second-order valence-electron chi connectivity index (χ2n) is 4.90. The van der Waals surface area contributed by atoms with E-state index in [-0.39, 0.29) is 11.3 Å². The van der Waals surface area contributed by atoms with Gasteiger partial charge in [-0.2, -0.15) is 0 Å². The number of nitrogens with zero attached hydrogens (tertiary/aromatic N) is 1. The highest BCUT2D eigenvalue weighted by Crippen LogP contribution is 2.20. The molecule has 0 amide bonds. The molecule has 2 aromatic carbocycles. The quantitative estimate of drug-likeness (QED) is 0.845. The predicted molar refractivity (Wildman–Crippen MR) is 84.8 cm³/mol. The van der Waals surface area contributed by atoms with Gasteiger partial charge in [0.25, 0.3) is 0 Å². The highest BCUT2D eigenvalue weighted by Gasteiger charge is 2.08. The zero-order valence-corrected chi connectivity index (χ0v) is 11.9. The van der Waals surface area contributed by atoms with Crippen LogP contribution in [0, 0.1) is 0 Å². The summed E-state index contributed by atoms with van der Waals surface area (Å²) in [5.41, 5.74) is 2.76. The monoisotopic (exact) mass is 283 g/mol. The first-order valence-corrected chi connectivity index (χ1v) is 6.49. The summed E-state index contributed by atoms with van der Waals surface area (Å²) >= 11 is 0. The Morgan fingerprint density at radius 2 is 1.57 bits per heavy atom. The molecule has 0 unspecified atom stereocenters. The smallest absolute Gasteiger partial charge is 0.339 e. The van der Waals surface area contributed by atoms with Crippen LogP contribution in [0.4, 0.5) is 5.69 Å². The van der Waals surface area contributed by atoms with E-state index in [4.69, 9.17) is 5.11 Å². The van der Waals surface area contributed by atoms with Gasteiger partial charge >= 0.3 is 5.97 Å². The van der Waals surface area contributed by atoms with E-state index >= 15 is 0 Å². The van der Waals surface area contributed by atoms with E-state index in [9.17, 15) is 9.90 Å². The molecule has 2 rings (SSSR count). The van der Waals surface area contributed by atoms with Crippen LogP contribution in [-0.2, 0) is 0 Å². The van der Waals surface area contributed by atoms with Gasteiger partial charge in [0.05, 0.1) is 0 Å². The molecule has 2 aromatic rings. The molecule has 21 heavy (non-hydrogen) atoms. The molecule has 0 aromatic heterocycles. The molecule has 0 bridgehead atoms. The number of hydrogen-bond acceptors (Lipinski definition) is 3. The first-order valence-electron chi connectivity index (χ1n) is 6.49. The van der Waals surface area contributed by atoms with Crippen LogP contribution < -0.4 is 4.90 Å². The van der Waals surface area contributed by atoms with Gasteiger partial charge in [0.15, 0.2) is 0 Å². The topological polar surface area (TPSA) is 60.8 Å². The van der Waals surface area contributed by atoms with Crippen molar-refractivity contribution in [3.8, 4) is 5.75 Å². The Balaban J connectivity index is 2.21. The van der Waals surface area contributed by atoms with Crippen molar-refractivity contribution >= 4 is 23.8 Å². The molecule has 0 aliphatic carbocycles. The lowest BCUT2D eigenvalue weighted by molar-refractivity contribution is 0.0693. The SMILES string of the molecule is CN(C)c1ccc(C=Cc2ccc(O)c(C(=O)O)c2)cc1. The summed E-state index contributed by atoms with van der Waals surface area (Å²) in [4.78, 5) is 13.0. The fraction of sp³-hybridized carbons (Fsp3) is 0.118. The molecular formula is C17H17NO3. The minimum absolute atomic E-state index is 0.0971. The van der Waals surface area contributed by atoms with E-state index in [0.29, 0.717) is 0 Å². The Kier molecular flexibility index (Phi) is 4.28.